The number of hydrogen-bond acceptors (Lipinski definition) is 6. The summed E-state index contributed by atoms with van der Waals surface area (Å²) in [5.74, 6) is 3.64. The predicted molar refractivity (Wildman–Crippen MR) is 102 cm³/mol. The van der Waals surface area contributed by atoms with Crippen LogP contribution in [0.25, 0.3) is 5.70 Å². The Morgan fingerprint density at radius 2 is 1.57 bits per heavy atom. The summed E-state index contributed by atoms with van der Waals surface area (Å²) in [6, 6.07) is 11.4. The molecule has 2 aromatic rings. The minimum atomic E-state index is -0.672. The van der Waals surface area contributed by atoms with Crippen LogP contribution in [-0.2, 0) is 9.59 Å². The summed E-state index contributed by atoms with van der Waals surface area (Å²) in [6.07, 6.45) is 1.06. The van der Waals surface area contributed by atoms with Gasteiger partial charge in [0.15, 0.2) is 0 Å². The SMILES string of the molecule is CC(=O)Nc1ccc(C(=O)NC(=CC(=O)NN)c2ccc([N+](=O)[O-])cc2)cc1. The van der Waals surface area contributed by atoms with Gasteiger partial charge in [-0.3, -0.25) is 29.9 Å². The zero-order valence-electron chi connectivity index (χ0n) is 14.8. The van der Waals surface area contributed by atoms with Crippen LogP contribution in [0.5, 0.6) is 0 Å². The molecule has 2 aromatic carbocycles. The molecule has 10 nitrogen and oxygen atoms in total. The summed E-state index contributed by atoms with van der Waals surface area (Å²) >= 11 is 0. The lowest BCUT2D eigenvalue weighted by molar-refractivity contribution is -0.384. The molecule has 0 unspecified atom stereocenters. The van der Waals surface area contributed by atoms with E-state index >= 15 is 0 Å². The Morgan fingerprint density at radius 1 is 1.00 bits per heavy atom. The first-order chi connectivity index (χ1) is 13.3. The number of benzene rings is 2. The maximum atomic E-state index is 12.5. The van der Waals surface area contributed by atoms with Crippen molar-refractivity contribution >= 4 is 34.8 Å². The Labute approximate surface area is 159 Å². The van der Waals surface area contributed by atoms with E-state index < -0.39 is 16.7 Å². The molecule has 0 bridgehead atoms. The molecule has 0 saturated heterocycles. The lowest BCUT2D eigenvalue weighted by Crippen LogP contribution is -2.30. The minimum Gasteiger partial charge on any atom is -0.326 e. The third-order valence-corrected chi connectivity index (χ3v) is 3.52. The molecule has 0 saturated carbocycles. The van der Waals surface area contributed by atoms with Gasteiger partial charge in [-0.15, -0.1) is 0 Å². The maximum absolute atomic E-state index is 12.5. The zero-order chi connectivity index (χ0) is 20.7. The highest BCUT2D eigenvalue weighted by Gasteiger charge is 2.13. The van der Waals surface area contributed by atoms with E-state index in [0.29, 0.717) is 11.3 Å². The number of nitrogens with two attached hydrogens (primary N) is 1. The fourth-order valence-electron chi connectivity index (χ4n) is 2.23. The molecule has 144 valence electrons. The maximum Gasteiger partial charge on any atom is 0.269 e. The molecule has 0 atom stereocenters. The van der Waals surface area contributed by atoms with Crippen molar-refractivity contribution in [1.29, 1.82) is 0 Å². The average Bonchev–Trinajstić information content (AvgIpc) is 2.67. The Kier molecular flexibility index (Phi) is 6.55. The van der Waals surface area contributed by atoms with Gasteiger partial charge in [-0.05, 0) is 42.0 Å². The molecule has 0 aromatic heterocycles. The number of carbonyl (C=O) groups excluding carboxylic acids is 3. The molecule has 2 rings (SSSR count). The number of carbonyl (C=O) groups is 3. The van der Waals surface area contributed by atoms with Crippen molar-refractivity contribution < 1.29 is 19.3 Å². The normalized spacial score (nSPS) is 10.7. The Hall–Kier alpha value is -4.05. The van der Waals surface area contributed by atoms with Crippen LogP contribution >= 0.6 is 0 Å². The van der Waals surface area contributed by atoms with E-state index in [0.717, 1.165) is 6.08 Å². The van der Waals surface area contributed by atoms with Crippen molar-refractivity contribution in [3.8, 4) is 0 Å². The molecule has 0 radical (unpaired) electrons. The monoisotopic (exact) mass is 383 g/mol. The van der Waals surface area contributed by atoms with Crippen molar-refractivity contribution in [1.82, 2.24) is 10.7 Å². The number of anilines is 1. The number of amides is 3. The summed E-state index contributed by atoms with van der Waals surface area (Å²) in [5, 5.41) is 15.9. The predicted octanol–water partition coefficient (Wildman–Crippen LogP) is 1.31. The first-order valence-corrected chi connectivity index (χ1v) is 7.96. The molecule has 28 heavy (non-hydrogen) atoms. The van der Waals surface area contributed by atoms with Gasteiger partial charge >= 0.3 is 0 Å². The summed E-state index contributed by atoms with van der Waals surface area (Å²) in [4.78, 5) is 45.4. The lowest BCUT2D eigenvalue weighted by atomic mass is 10.1. The molecular weight excluding hydrogens is 366 g/mol. The van der Waals surface area contributed by atoms with E-state index in [1.54, 1.807) is 12.1 Å². The zero-order valence-corrected chi connectivity index (χ0v) is 14.8. The molecule has 0 aliphatic heterocycles. The number of nitro groups is 1. The number of hydrogen-bond donors (Lipinski definition) is 4. The fraction of sp³-hybridized carbons (Fsp3) is 0.0556. The van der Waals surface area contributed by atoms with E-state index in [2.05, 4.69) is 10.6 Å². The number of nitrogens with one attached hydrogen (secondary N) is 3. The van der Waals surface area contributed by atoms with E-state index in [9.17, 15) is 24.5 Å². The molecule has 10 heteroatoms. The molecule has 0 aliphatic carbocycles. The molecule has 0 spiro atoms. The minimum absolute atomic E-state index is 0.105. The average molecular weight is 383 g/mol. The van der Waals surface area contributed by atoms with Gasteiger partial charge in [0.05, 0.1) is 10.6 Å². The second kappa shape index (κ2) is 9.05. The van der Waals surface area contributed by atoms with Gasteiger partial charge in [0.2, 0.25) is 5.91 Å². The van der Waals surface area contributed by atoms with Gasteiger partial charge in [-0.25, -0.2) is 5.84 Å². The molecule has 0 aliphatic rings. The van der Waals surface area contributed by atoms with Gasteiger partial charge in [0.1, 0.15) is 0 Å². The number of hydrazine groups is 1. The Morgan fingerprint density at radius 3 is 2.07 bits per heavy atom. The van der Waals surface area contributed by atoms with Crippen LogP contribution in [0.2, 0.25) is 0 Å². The van der Waals surface area contributed by atoms with Crippen molar-refractivity contribution in [3.05, 3.63) is 75.8 Å². The van der Waals surface area contributed by atoms with Crippen molar-refractivity contribution in [2.24, 2.45) is 5.84 Å². The summed E-state index contributed by atoms with van der Waals surface area (Å²) in [5.41, 5.74) is 3.06. The van der Waals surface area contributed by atoms with Crippen molar-refractivity contribution in [3.63, 3.8) is 0 Å². The van der Waals surface area contributed by atoms with Crippen molar-refractivity contribution in [2.75, 3.05) is 5.32 Å². The first kappa shape index (κ1) is 20.3. The number of nitro benzene ring substituents is 1. The van der Waals surface area contributed by atoms with Crippen LogP contribution < -0.4 is 21.9 Å². The number of non-ortho nitro benzene ring substituents is 1. The van der Waals surface area contributed by atoms with Crippen LogP contribution in [0.3, 0.4) is 0 Å². The third-order valence-electron chi connectivity index (χ3n) is 3.52. The van der Waals surface area contributed by atoms with Gasteiger partial charge in [0, 0.05) is 36.4 Å². The van der Waals surface area contributed by atoms with Gasteiger partial charge < -0.3 is 10.6 Å². The van der Waals surface area contributed by atoms with Gasteiger partial charge in [-0.1, -0.05) is 0 Å². The van der Waals surface area contributed by atoms with Crippen LogP contribution in [0.4, 0.5) is 11.4 Å². The number of rotatable bonds is 6. The Balaban J connectivity index is 2.26. The largest absolute Gasteiger partial charge is 0.326 e. The van der Waals surface area contributed by atoms with Crippen molar-refractivity contribution in [2.45, 2.75) is 6.92 Å². The second-order valence-electron chi connectivity index (χ2n) is 5.58. The van der Waals surface area contributed by atoms with E-state index in [1.165, 1.54) is 43.3 Å². The molecule has 3 amide bonds. The fourth-order valence-corrected chi connectivity index (χ4v) is 2.23. The molecule has 5 N–H and O–H groups in total. The highest BCUT2D eigenvalue weighted by molar-refractivity contribution is 6.03. The highest BCUT2D eigenvalue weighted by atomic mass is 16.6. The second-order valence-corrected chi connectivity index (χ2v) is 5.58. The summed E-state index contributed by atoms with van der Waals surface area (Å²) in [7, 11) is 0. The quantitative estimate of drug-likeness (QED) is 0.194. The highest BCUT2D eigenvalue weighted by Crippen LogP contribution is 2.18. The van der Waals surface area contributed by atoms with Gasteiger partial charge in [-0.2, -0.15) is 0 Å². The Bertz CT molecular complexity index is 936. The van der Waals surface area contributed by atoms with Crippen LogP contribution in [0.15, 0.2) is 54.6 Å². The first-order valence-electron chi connectivity index (χ1n) is 7.96. The van der Waals surface area contributed by atoms with E-state index in [1.807, 2.05) is 5.43 Å². The van der Waals surface area contributed by atoms with Gasteiger partial charge in [0.25, 0.3) is 17.5 Å². The molecule has 0 heterocycles. The standard InChI is InChI=1S/C18H17N5O5/c1-11(24)20-14-6-2-13(3-7-14)18(26)21-16(10-17(25)22-19)12-4-8-15(9-5-12)23(27)28/h2-10H,19H2,1H3,(H,20,24)(H,21,26)(H,22,25). The number of nitrogens with zero attached hydrogens (tertiary/aromatic N) is 1. The summed E-state index contributed by atoms with van der Waals surface area (Å²) in [6.45, 7) is 1.37. The molecule has 0 fully saturated rings. The van der Waals surface area contributed by atoms with Crippen LogP contribution in [-0.4, -0.2) is 22.6 Å². The topological polar surface area (TPSA) is 156 Å². The smallest absolute Gasteiger partial charge is 0.269 e. The van der Waals surface area contributed by atoms with Crippen LogP contribution in [0, 0.1) is 10.1 Å². The molecular formula is C18H17N5O5. The lowest BCUT2D eigenvalue weighted by Gasteiger charge is -2.11. The summed E-state index contributed by atoms with van der Waals surface area (Å²) < 4.78 is 0. The van der Waals surface area contributed by atoms with E-state index in [-0.39, 0.29) is 22.9 Å². The van der Waals surface area contributed by atoms with Crippen LogP contribution in [0.1, 0.15) is 22.8 Å². The van der Waals surface area contributed by atoms with E-state index in [4.69, 9.17) is 5.84 Å². The third kappa shape index (κ3) is 5.47.